The third-order valence-electron chi connectivity index (χ3n) is 5.08. The average Bonchev–Trinajstić information content (AvgIpc) is 2.96. The topological polar surface area (TPSA) is 49.5 Å². The van der Waals surface area contributed by atoms with Gasteiger partial charge < -0.3 is 15.7 Å². The molecule has 0 saturated heterocycles. The molecule has 100 valence electrons. The van der Waals surface area contributed by atoms with E-state index < -0.39 is 0 Å². The van der Waals surface area contributed by atoms with Crippen LogP contribution in [-0.2, 0) is 0 Å². The Kier molecular flexibility index (Phi) is 4.45. The molecule has 0 spiro atoms. The van der Waals surface area contributed by atoms with Crippen LogP contribution in [0.15, 0.2) is 0 Å². The van der Waals surface area contributed by atoms with Crippen molar-refractivity contribution in [3.63, 3.8) is 0 Å². The van der Waals surface area contributed by atoms with Crippen LogP contribution < -0.4 is 5.73 Å². The van der Waals surface area contributed by atoms with Crippen LogP contribution in [0.4, 0.5) is 0 Å². The van der Waals surface area contributed by atoms with Gasteiger partial charge in [0.25, 0.3) is 0 Å². The van der Waals surface area contributed by atoms with Crippen molar-refractivity contribution in [1.82, 2.24) is 4.90 Å². The molecule has 2 unspecified atom stereocenters. The number of aliphatic hydroxyl groups is 1. The average molecular weight is 240 g/mol. The second-order valence-electron chi connectivity index (χ2n) is 6.19. The Labute approximate surface area is 105 Å². The summed E-state index contributed by atoms with van der Waals surface area (Å²) in [5.41, 5.74) is 5.99. The van der Waals surface area contributed by atoms with E-state index in [0.717, 1.165) is 25.4 Å². The van der Waals surface area contributed by atoms with Crippen molar-refractivity contribution in [3.8, 4) is 0 Å². The van der Waals surface area contributed by atoms with E-state index in [1.54, 1.807) is 0 Å². The molecule has 0 heterocycles. The van der Waals surface area contributed by atoms with Crippen LogP contribution in [0.5, 0.6) is 0 Å². The molecule has 0 amide bonds. The first-order valence-electron chi connectivity index (χ1n) is 7.26. The zero-order valence-electron chi connectivity index (χ0n) is 11.2. The quantitative estimate of drug-likeness (QED) is 0.769. The molecule has 3 nitrogen and oxygen atoms in total. The van der Waals surface area contributed by atoms with Gasteiger partial charge in [-0.05, 0) is 51.6 Å². The van der Waals surface area contributed by atoms with E-state index in [-0.39, 0.29) is 12.1 Å². The number of rotatable bonds is 5. The molecule has 0 aromatic carbocycles. The number of aliphatic hydroxyl groups excluding tert-OH is 1. The largest absolute Gasteiger partial charge is 0.394 e. The van der Waals surface area contributed by atoms with Gasteiger partial charge in [0.1, 0.15) is 0 Å². The van der Waals surface area contributed by atoms with Gasteiger partial charge in [-0.2, -0.15) is 0 Å². The summed E-state index contributed by atoms with van der Waals surface area (Å²) >= 11 is 0. The van der Waals surface area contributed by atoms with Gasteiger partial charge in [0.2, 0.25) is 0 Å². The maximum absolute atomic E-state index is 9.43. The van der Waals surface area contributed by atoms with Crippen LogP contribution in [0.1, 0.15) is 51.4 Å². The highest BCUT2D eigenvalue weighted by atomic mass is 16.3. The van der Waals surface area contributed by atoms with Crippen LogP contribution in [0.3, 0.4) is 0 Å². The van der Waals surface area contributed by atoms with Gasteiger partial charge >= 0.3 is 0 Å². The first-order valence-corrected chi connectivity index (χ1v) is 7.26. The fraction of sp³-hybridized carbons (Fsp3) is 1.00. The Hall–Kier alpha value is -0.120. The highest BCUT2D eigenvalue weighted by Gasteiger charge is 2.38. The molecule has 17 heavy (non-hydrogen) atoms. The fourth-order valence-corrected chi connectivity index (χ4v) is 3.70. The van der Waals surface area contributed by atoms with Crippen LogP contribution in [-0.4, -0.2) is 41.8 Å². The van der Waals surface area contributed by atoms with Crippen LogP contribution in [0.25, 0.3) is 0 Å². The second-order valence-corrected chi connectivity index (χ2v) is 6.19. The SMILES string of the molecule is CN(CCC1CCCC1(N)CO)C1CCCC1. The Morgan fingerprint density at radius 3 is 2.59 bits per heavy atom. The molecular formula is C14H28N2O. The highest BCUT2D eigenvalue weighted by Crippen LogP contribution is 2.36. The summed E-state index contributed by atoms with van der Waals surface area (Å²) in [6.07, 6.45) is 10.1. The lowest BCUT2D eigenvalue weighted by Gasteiger charge is -2.32. The van der Waals surface area contributed by atoms with E-state index in [4.69, 9.17) is 5.73 Å². The molecule has 2 atom stereocenters. The maximum atomic E-state index is 9.43. The minimum absolute atomic E-state index is 0.158. The van der Waals surface area contributed by atoms with Crippen LogP contribution in [0.2, 0.25) is 0 Å². The molecule has 0 aromatic heterocycles. The standard InChI is InChI=1S/C14H28N2O/c1-16(13-6-2-3-7-13)10-8-12-5-4-9-14(12,15)11-17/h12-13,17H,2-11,15H2,1H3. The van der Waals surface area contributed by atoms with Gasteiger partial charge in [0.05, 0.1) is 6.61 Å². The zero-order chi connectivity index (χ0) is 12.3. The van der Waals surface area contributed by atoms with Crippen molar-refractivity contribution in [3.05, 3.63) is 0 Å². The van der Waals surface area contributed by atoms with Crippen molar-refractivity contribution in [2.24, 2.45) is 11.7 Å². The molecule has 2 saturated carbocycles. The van der Waals surface area contributed by atoms with E-state index in [1.807, 2.05) is 0 Å². The second kappa shape index (κ2) is 5.68. The number of nitrogens with two attached hydrogens (primary N) is 1. The Balaban J connectivity index is 1.77. The predicted octanol–water partition coefficient (Wildman–Crippen LogP) is 1.74. The summed E-state index contributed by atoms with van der Waals surface area (Å²) < 4.78 is 0. The van der Waals surface area contributed by atoms with Gasteiger partial charge in [-0.25, -0.2) is 0 Å². The molecule has 2 aliphatic rings. The van der Waals surface area contributed by atoms with Gasteiger partial charge in [-0.1, -0.05) is 19.3 Å². The minimum atomic E-state index is -0.281. The molecule has 0 bridgehead atoms. The molecule has 0 aromatic rings. The minimum Gasteiger partial charge on any atom is -0.394 e. The molecule has 2 aliphatic carbocycles. The summed E-state index contributed by atoms with van der Waals surface area (Å²) in [6, 6.07) is 0.803. The Morgan fingerprint density at radius 2 is 1.94 bits per heavy atom. The third-order valence-corrected chi connectivity index (χ3v) is 5.08. The summed E-state index contributed by atoms with van der Waals surface area (Å²) in [7, 11) is 2.25. The van der Waals surface area contributed by atoms with Crippen molar-refractivity contribution in [2.75, 3.05) is 20.2 Å². The zero-order valence-corrected chi connectivity index (χ0v) is 11.2. The third kappa shape index (κ3) is 3.01. The molecule has 0 radical (unpaired) electrons. The van der Waals surface area contributed by atoms with E-state index >= 15 is 0 Å². The number of nitrogens with zero attached hydrogens (tertiary/aromatic N) is 1. The first kappa shape index (κ1) is 13.3. The molecule has 2 rings (SSSR count). The van der Waals surface area contributed by atoms with Crippen molar-refractivity contribution in [1.29, 1.82) is 0 Å². The molecule has 2 fully saturated rings. The van der Waals surface area contributed by atoms with Crippen molar-refractivity contribution >= 4 is 0 Å². The first-order chi connectivity index (χ1) is 8.15. The normalized spacial score (nSPS) is 34.9. The summed E-state index contributed by atoms with van der Waals surface area (Å²) in [5, 5.41) is 9.43. The van der Waals surface area contributed by atoms with E-state index in [1.165, 1.54) is 38.5 Å². The van der Waals surface area contributed by atoms with Crippen molar-refractivity contribution < 1.29 is 5.11 Å². The summed E-state index contributed by atoms with van der Waals surface area (Å²) in [4.78, 5) is 2.52. The van der Waals surface area contributed by atoms with Crippen LogP contribution in [0, 0.1) is 5.92 Å². The van der Waals surface area contributed by atoms with Crippen LogP contribution >= 0.6 is 0 Å². The van der Waals surface area contributed by atoms with E-state index in [9.17, 15) is 5.11 Å². The predicted molar refractivity (Wildman–Crippen MR) is 70.8 cm³/mol. The number of hydrogen-bond acceptors (Lipinski definition) is 3. The summed E-state index contributed by atoms with van der Waals surface area (Å²) in [6.45, 7) is 1.30. The van der Waals surface area contributed by atoms with Gasteiger partial charge in [0.15, 0.2) is 0 Å². The van der Waals surface area contributed by atoms with Gasteiger partial charge in [0, 0.05) is 11.6 Å². The Morgan fingerprint density at radius 1 is 1.24 bits per heavy atom. The van der Waals surface area contributed by atoms with Crippen molar-refractivity contribution in [2.45, 2.75) is 62.9 Å². The molecular weight excluding hydrogens is 212 g/mol. The molecule has 3 N–H and O–H groups in total. The van der Waals surface area contributed by atoms with E-state index in [2.05, 4.69) is 11.9 Å². The lowest BCUT2D eigenvalue weighted by molar-refractivity contribution is 0.141. The molecule has 0 aliphatic heterocycles. The summed E-state index contributed by atoms with van der Waals surface area (Å²) in [5.74, 6) is 0.524. The highest BCUT2D eigenvalue weighted by molar-refractivity contribution is 4.96. The number of hydrogen-bond donors (Lipinski definition) is 2. The monoisotopic (exact) mass is 240 g/mol. The molecule has 3 heteroatoms. The fourth-order valence-electron chi connectivity index (χ4n) is 3.70. The van der Waals surface area contributed by atoms with Gasteiger partial charge in [-0.3, -0.25) is 0 Å². The van der Waals surface area contributed by atoms with E-state index in [0.29, 0.717) is 5.92 Å². The Bertz CT molecular complexity index is 240. The maximum Gasteiger partial charge on any atom is 0.0613 e. The lowest BCUT2D eigenvalue weighted by Crippen LogP contribution is -2.48. The lowest BCUT2D eigenvalue weighted by atomic mass is 9.86. The van der Waals surface area contributed by atoms with Gasteiger partial charge in [-0.15, -0.1) is 0 Å². The smallest absolute Gasteiger partial charge is 0.0613 e.